The molecule has 1 aromatic carbocycles. The number of hydrogen-bond acceptors (Lipinski definition) is 2. The first kappa shape index (κ1) is 15.8. The maximum Gasteiger partial charge on any atom is 0.157 e. The molecule has 2 nitrogen and oxygen atoms in total. The number of carbonyl (C=O) groups excluding carboxylic acids is 1. The van der Waals surface area contributed by atoms with E-state index in [2.05, 4.69) is 0 Å². The van der Waals surface area contributed by atoms with Gasteiger partial charge in [-0.15, -0.1) is 0 Å². The largest absolute Gasteiger partial charge is 0.297 e. The molecule has 0 aliphatic rings. The molecule has 0 saturated heterocycles. The summed E-state index contributed by atoms with van der Waals surface area (Å²) in [7, 11) is 3.71. The fourth-order valence-electron chi connectivity index (χ4n) is 2.53. The molecule has 1 aromatic rings. The predicted octanol–water partition coefficient (Wildman–Crippen LogP) is 3.20. The van der Waals surface area contributed by atoms with Crippen LogP contribution in [0.1, 0.15) is 32.3 Å². The Balaban J connectivity index is 3.00. The zero-order valence-corrected chi connectivity index (χ0v) is 12.0. The van der Waals surface area contributed by atoms with E-state index in [4.69, 9.17) is 0 Å². The summed E-state index contributed by atoms with van der Waals surface area (Å²) in [6.45, 7) is 3.89. The summed E-state index contributed by atoms with van der Waals surface area (Å²) in [5.41, 5.74) is -0.333. The maximum atomic E-state index is 13.6. The van der Waals surface area contributed by atoms with Crippen molar-refractivity contribution in [3.63, 3.8) is 0 Å². The molecule has 0 aromatic heterocycles. The summed E-state index contributed by atoms with van der Waals surface area (Å²) in [5, 5.41) is 0. The first-order chi connectivity index (χ1) is 8.87. The van der Waals surface area contributed by atoms with E-state index < -0.39 is 17.2 Å². The Kier molecular flexibility index (Phi) is 5.18. The molecule has 4 heteroatoms. The standard InChI is InChI=1S/C15H21F2NO/c1-5-15(6-2,18(3)4)14(19)9-11-7-8-12(16)10-13(11)17/h7-8,10H,5-6,9H2,1-4H3. The third-order valence-corrected chi connectivity index (χ3v) is 3.91. The first-order valence-electron chi connectivity index (χ1n) is 6.52. The first-order valence-corrected chi connectivity index (χ1v) is 6.52. The Hall–Kier alpha value is -1.29. The van der Waals surface area contributed by atoms with E-state index in [1.54, 1.807) is 0 Å². The molecule has 0 bridgehead atoms. The minimum Gasteiger partial charge on any atom is -0.297 e. The molecule has 0 aliphatic carbocycles. The van der Waals surface area contributed by atoms with Gasteiger partial charge in [-0.1, -0.05) is 19.9 Å². The highest BCUT2D eigenvalue weighted by Gasteiger charge is 2.36. The maximum absolute atomic E-state index is 13.6. The monoisotopic (exact) mass is 269 g/mol. The lowest BCUT2D eigenvalue weighted by molar-refractivity contribution is -0.129. The van der Waals surface area contributed by atoms with Gasteiger partial charge in [-0.2, -0.15) is 0 Å². The smallest absolute Gasteiger partial charge is 0.157 e. The number of benzene rings is 1. The van der Waals surface area contributed by atoms with Crippen molar-refractivity contribution in [2.75, 3.05) is 14.1 Å². The predicted molar refractivity (Wildman–Crippen MR) is 72.1 cm³/mol. The average Bonchev–Trinajstić information content (AvgIpc) is 2.34. The van der Waals surface area contributed by atoms with E-state index >= 15 is 0 Å². The van der Waals surface area contributed by atoms with Crippen LogP contribution in [0, 0.1) is 11.6 Å². The van der Waals surface area contributed by atoms with Crippen molar-refractivity contribution in [3.05, 3.63) is 35.4 Å². The summed E-state index contributed by atoms with van der Waals surface area (Å²) >= 11 is 0. The highest BCUT2D eigenvalue weighted by atomic mass is 19.1. The number of carbonyl (C=O) groups is 1. The van der Waals surface area contributed by atoms with Gasteiger partial charge in [-0.3, -0.25) is 9.69 Å². The lowest BCUT2D eigenvalue weighted by atomic mass is 9.83. The van der Waals surface area contributed by atoms with E-state index in [0.29, 0.717) is 12.8 Å². The van der Waals surface area contributed by atoms with Crippen LogP contribution in [-0.4, -0.2) is 30.3 Å². The van der Waals surface area contributed by atoms with Gasteiger partial charge in [-0.05, 0) is 38.6 Å². The number of likely N-dealkylation sites (N-methyl/N-ethyl adjacent to an activating group) is 1. The zero-order chi connectivity index (χ0) is 14.6. The molecule has 106 valence electrons. The summed E-state index contributed by atoms with van der Waals surface area (Å²) in [4.78, 5) is 14.4. The van der Waals surface area contributed by atoms with Crippen LogP contribution in [0.2, 0.25) is 0 Å². The Morgan fingerprint density at radius 1 is 1.21 bits per heavy atom. The van der Waals surface area contributed by atoms with Gasteiger partial charge in [0.05, 0.1) is 5.54 Å². The van der Waals surface area contributed by atoms with Crippen LogP contribution in [0.4, 0.5) is 8.78 Å². The van der Waals surface area contributed by atoms with Crippen molar-refractivity contribution < 1.29 is 13.6 Å². The van der Waals surface area contributed by atoms with E-state index in [0.717, 1.165) is 6.07 Å². The third-order valence-electron chi connectivity index (χ3n) is 3.91. The van der Waals surface area contributed by atoms with Gasteiger partial charge in [0, 0.05) is 12.5 Å². The third kappa shape index (κ3) is 3.18. The van der Waals surface area contributed by atoms with E-state index in [-0.39, 0.29) is 17.8 Å². The van der Waals surface area contributed by atoms with Crippen LogP contribution >= 0.6 is 0 Å². The summed E-state index contributed by atoms with van der Waals surface area (Å²) in [6, 6.07) is 3.34. The SMILES string of the molecule is CCC(CC)(C(=O)Cc1ccc(F)cc1F)N(C)C. The topological polar surface area (TPSA) is 20.3 Å². The van der Waals surface area contributed by atoms with Gasteiger partial charge in [0.2, 0.25) is 0 Å². The van der Waals surface area contributed by atoms with Crippen molar-refractivity contribution in [1.82, 2.24) is 4.90 Å². The second-order valence-electron chi connectivity index (χ2n) is 4.97. The number of halogens is 2. The lowest BCUT2D eigenvalue weighted by Gasteiger charge is -2.37. The van der Waals surface area contributed by atoms with Crippen molar-refractivity contribution in [2.24, 2.45) is 0 Å². The van der Waals surface area contributed by atoms with E-state index in [1.165, 1.54) is 12.1 Å². The van der Waals surface area contributed by atoms with E-state index in [9.17, 15) is 13.6 Å². The quantitative estimate of drug-likeness (QED) is 0.790. The van der Waals surface area contributed by atoms with Crippen molar-refractivity contribution in [3.8, 4) is 0 Å². The van der Waals surface area contributed by atoms with Crippen LogP contribution < -0.4 is 0 Å². The molecule has 0 aliphatic heterocycles. The second kappa shape index (κ2) is 6.24. The van der Waals surface area contributed by atoms with Crippen LogP contribution in [0.3, 0.4) is 0 Å². The van der Waals surface area contributed by atoms with Gasteiger partial charge < -0.3 is 0 Å². The summed E-state index contributed by atoms with van der Waals surface area (Å²) in [5.74, 6) is -1.32. The number of rotatable bonds is 6. The molecule has 0 spiro atoms. The fraction of sp³-hybridized carbons (Fsp3) is 0.533. The van der Waals surface area contributed by atoms with Crippen molar-refractivity contribution in [2.45, 2.75) is 38.6 Å². The Labute approximate surface area is 113 Å². The molecule has 0 atom stereocenters. The second-order valence-corrected chi connectivity index (χ2v) is 4.97. The highest BCUT2D eigenvalue weighted by Crippen LogP contribution is 2.25. The molecule has 1 rings (SSSR count). The van der Waals surface area contributed by atoms with Crippen LogP contribution in [0.15, 0.2) is 18.2 Å². The van der Waals surface area contributed by atoms with Gasteiger partial charge in [-0.25, -0.2) is 8.78 Å². The molecule has 0 radical (unpaired) electrons. The molecular weight excluding hydrogens is 248 g/mol. The molecule has 19 heavy (non-hydrogen) atoms. The average molecular weight is 269 g/mol. The molecule has 0 amide bonds. The van der Waals surface area contributed by atoms with Gasteiger partial charge in [0.15, 0.2) is 5.78 Å². The van der Waals surface area contributed by atoms with Crippen molar-refractivity contribution in [1.29, 1.82) is 0 Å². The van der Waals surface area contributed by atoms with Crippen LogP contribution in [-0.2, 0) is 11.2 Å². The van der Waals surface area contributed by atoms with Gasteiger partial charge >= 0.3 is 0 Å². The fourth-order valence-corrected chi connectivity index (χ4v) is 2.53. The molecule has 0 saturated carbocycles. The Bertz CT molecular complexity index is 453. The molecule has 0 heterocycles. The summed E-state index contributed by atoms with van der Waals surface area (Å²) in [6.07, 6.45) is 1.32. The van der Waals surface area contributed by atoms with Gasteiger partial charge in [0.1, 0.15) is 11.6 Å². The van der Waals surface area contributed by atoms with Gasteiger partial charge in [0.25, 0.3) is 0 Å². The minimum atomic E-state index is -0.659. The normalized spacial score (nSPS) is 11.9. The minimum absolute atomic E-state index is 0.00796. The Morgan fingerprint density at radius 2 is 1.79 bits per heavy atom. The van der Waals surface area contributed by atoms with Crippen LogP contribution in [0.5, 0.6) is 0 Å². The number of hydrogen-bond donors (Lipinski definition) is 0. The number of Topliss-reactive ketones (excluding diaryl/α,β-unsaturated/α-hetero) is 1. The molecular formula is C15H21F2NO. The highest BCUT2D eigenvalue weighted by molar-refractivity contribution is 5.90. The Morgan fingerprint density at radius 3 is 2.21 bits per heavy atom. The molecule has 0 fully saturated rings. The zero-order valence-electron chi connectivity index (χ0n) is 12.0. The lowest BCUT2D eigenvalue weighted by Crippen LogP contribution is -2.51. The number of nitrogens with zero attached hydrogens (tertiary/aromatic N) is 1. The van der Waals surface area contributed by atoms with E-state index in [1.807, 2.05) is 32.8 Å². The van der Waals surface area contributed by atoms with Crippen LogP contribution in [0.25, 0.3) is 0 Å². The van der Waals surface area contributed by atoms with Crippen molar-refractivity contribution >= 4 is 5.78 Å². The number of ketones is 1. The molecule has 0 unspecified atom stereocenters. The summed E-state index contributed by atoms with van der Waals surface area (Å²) < 4.78 is 26.4. The molecule has 0 N–H and O–H groups in total.